The molecule has 6 heteroatoms. The molecule has 8 atom stereocenters. The van der Waals surface area contributed by atoms with Gasteiger partial charge in [0.1, 0.15) is 12.2 Å². The molecule has 0 bridgehead atoms. The summed E-state index contributed by atoms with van der Waals surface area (Å²) >= 11 is 0. The summed E-state index contributed by atoms with van der Waals surface area (Å²) in [5, 5.41) is 1.89. The van der Waals surface area contributed by atoms with Gasteiger partial charge in [0, 0.05) is 10.8 Å². The second kappa shape index (κ2) is 8.76. The molecule has 0 aromatic heterocycles. The zero-order valence-corrected chi connectivity index (χ0v) is 24.2. The second-order valence-electron chi connectivity index (χ2n) is 12.6. The van der Waals surface area contributed by atoms with Gasteiger partial charge in [-0.2, -0.15) is 0 Å². The van der Waals surface area contributed by atoms with Crippen LogP contribution in [0, 0.1) is 0 Å². The number of carbonyl (C=O) groups is 2. The lowest BCUT2D eigenvalue weighted by Crippen LogP contribution is -2.73. The van der Waals surface area contributed by atoms with Gasteiger partial charge in [-0.15, -0.1) is 0 Å². The highest BCUT2D eigenvalue weighted by Crippen LogP contribution is 2.54. The molecule has 0 N–H and O–H groups in total. The summed E-state index contributed by atoms with van der Waals surface area (Å²) in [6.07, 6.45) is 0.116. The third-order valence-corrected chi connectivity index (χ3v) is 10.3. The van der Waals surface area contributed by atoms with Crippen molar-refractivity contribution < 1.29 is 19.1 Å². The number of anilines is 2. The summed E-state index contributed by atoms with van der Waals surface area (Å²) in [6, 6.07) is 31.9. The molecule has 212 valence electrons. The molecule has 42 heavy (non-hydrogen) atoms. The molecule has 4 aromatic carbocycles. The average Bonchev–Trinajstić information content (AvgIpc) is 3.94. The van der Waals surface area contributed by atoms with E-state index in [1.807, 2.05) is 109 Å². The van der Waals surface area contributed by atoms with Crippen molar-refractivity contribution in [3.05, 3.63) is 108 Å². The predicted molar refractivity (Wildman–Crippen MR) is 163 cm³/mol. The van der Waals surface area contributed by atoms with Crippen molar-refractivity contribution in [2.24, 2.45) is 0 Å². The summed E-state index contributed by atoms with van der Waals surface area (Å²) < 4.78 is 12.0. The second-order valence-corrected chi connectivity index (χ2v) is 12.6. The van der Waals surface area contributed by atoms with Crippen molar-refractivity contribution in [3.8, 4) is 0 Å². The van der Waals surface area contributed by atoms with Gasteiger partial charge in [0.2, 0.25) is 11.8 Å². The van der Waals surface area contributed by atoms with Crippen LogP contribution in [0.1, 0.15) is 38.8 Å². The van der Waals surface area contributed by atoms with E-state index in [2.05, 4.69) is 26.0 Å². The Balaban J connectivity index is 1.22. The van der Waals surface area contributed by atoms with Crippen molar-refractivity contribution in [1.29, 1.82) is 0 Å². The van der Waals surface area contributed by atoms with Gasteiger partial charge in [0.15, 0.2) is 0 Å². The predicted octanol–water partition coefficient (Wildman–Crippen LogP) is 5.76. The largest absolute Gasteiger partial charge is 0.368 e. The fraction of sp³-hybridized carbons (Fsp3) is 0.333. The topological polar surface area (TPSA) is 65.7 Å². The van der Waals surface area contributed by atoms with E-state index >= 15 is 0 Å². The third kappa shape index (κ3) is 3.28. The summed E-state index contributed by atoms with van der Waals surface area (Å²) in [5.41, 5.74) is 2.37. The van der Waals surface area contributed by atoms with E-state index in [1.54, 1.807) is 0 Å². The van der Waals surface area contributed by atoms with Crippen LogP contribution in [0.5, 0.6) is 0 Å². The van der Waals surface area contributed by atoms with Crippen molar-refractivity contribution >= 4 is 34.0 Å². The first-order valence-electron chi connectivity index (χ1n) is 14.9. The summed E-state index contributed by atoms with van der Waals surface area (Å²) in [5.74, 6) is 0.128. The van der Waals surface area contributed by atoms with Crippen molar-refractivity contribution in [2.75, 3.05) is 9.80 Å². The smallest absolute Gasteiger partial charge is 0.239 e. The molecule has 4 aliphatic heterocycles. The number of ether oxygens (including phenoxy) is 2. The molecule has 0 spiro atoms. The van der Waals surface area contributed by atoms with Crippen molar-refractivity contribution in [2.45, 2.75) is 75.0 Å². The van der Waals surface area contributed by atoms with Crippen LogP contribution in [0.2, 0.25) is 0 Å². The molecule has 8 rings (SSSR count). The van der Waals surface area contributed by atoms with Crippen molar-refractivity contribution in [3.63, 3.8) is 0 Å². The Labute approximate surface area is 245 Å². The molecule has 0 aliphatic carbocycles. The maximum absolute atomic E-state index is 14.1. The van der Waals surface area contributed by atoms with Crippen LogP contribution in [0.4, 0.5) is 11.4 Å². The monoisotopic (exact) mass is 558 g/mol. The van der Waals surface area contributed by atoms with E-state index in [-0.39, 0.29) is 48.3 Å². The lowest BCUT2D eigenvalue weighted by molar-refractivity contribution is -0.133. The number of rotatable bonds is 6. The molecule has 2 amide bonds. The highest BCUT2D eigenvalue weighted by atomic mass is 16.6. The Kier molecular flexibility index (Phi) is 5.36. The molecule has 4 fully saturated rings. The van der Waals surface area contributed by atoms with E-state index in [0.29, 0.717) is 0 Å². The Morgan fingerprint density at radius 2 is 0.905 bits per heavy atom. The molecule has 0 radical (unpaired) electrons. The maximum Gasteiger partial charge on any atom is 0.239 e. The number of hydrogen-bond donors (Lipinski definition) is 0. The number of epoxide rings is 2. The standard InChI is InChI=1S/C36H34N2O4/c1-21-29(41-21)31-35(3,23-13-7-5-8-14-23)33(39)37(31)27-19-11-18-26-25(27)17-12-20-28(26)38-32(30-22(2)42-30)36(4,34(38)40)24-15-9-6-10-16-24/h5-22,29-32H,1-4H3/t21-,22+,29-,30-,31?,32?,35?,36?/m1/s1. The van der Waals surface area contributed by atoms with Crippen LogP contribution < -0.4 is 9.80 Å². The third-order valence-electron chi connectivity index (χ3n) is 10.3. The molecule has 4 aliphatic rings. The van der Waals surface area contributed by atoms with Gasteiger partial charge < -0.3 is 19.3 Å². The molecule has 6 nitrogen and oxygen atoms in total. The molecule has 4 heterocycles. The van der Waals surface area contributed by atoms with Gasteiger partial charge in [0.05, 0.1) is 46.5 Å². The van der Waals surface area contributed by atoms with Crippen LogP contribution in [0.15, 0.2) is 97.1 Å². The first-order chi connectivity index (χ1) is 20.3. The van der Waals surface area contributed by atoms with Gasteiger partial charge in [-0.05, 0) is 51.0 Å². The number of nitrogens with zero attached hydrogens (tertiary/aromatic N) is 2. The minimum Gasteiger partial charge on any atom is -0.368 e. The first-order valence-corrected chi connectivity index (χ1v) is 14.9. The number of fused-ring (bicyclic) bond motifs is 1. The Hall–Kier alpha value is -4.00. The fourth-order valence-corrected chi connectivity index (χ4v) is 7.78. The molecular formula is C36H34N2O4. The van der Waals surface area contributed by atoms with E-state index in [0.717, 1.165) is 33.3 Å². The van der Waals surface area contributed by atoms with Crippen LogP contribution in [-0.4, -0.2) is 48.3 Å². The zero-order valence-electron chi connectivity index (χ0n) is 24.2. The van der Waals surface area contributed by atoms with Gasteiger partial charge >= 0.3 is 0 Å². The van der Waals surface area contributed by atoms with E-state index < -0.39 is 10.8 Å². The van der Waals surface area contributed by atoms with Gasteiger partial charge in [-0.25, -0.2) is 0 Å². The molecule has 4 unspecified atom stereocenters. The molecule has 4 saturated heterocycles. The number of β-lactam (4-membered cyclic amide) rings is 2. The van der Waals surface area contributed by atoms with E-state index in [9.17, 15) is 9.59 Å². The molecular weight excluding hydrogens is 524 g/mol. The SMILES string of the molecule is C[C@@H]1O[C@H]1C1N(c2cccc3c(N4C(=O)C(C)(c5ccccc5)C4[C@@H]4O[C@@H]4C)cccc23)C(=O)C1(C)c1ccccc1. The van der Waals surface area contributed by atoms with Crippen LogP contribution >= 0.6 is 0 Å². The number of benzene rings is 4. The van der Waals surface area contributed by atoms with E-state index in [4.69, 9.17) is 9.47 Å². The highest BCUT2D eigenvalue weighted by molar-refractivity contribution is 6.18. The minimum absolute atomic E-state index is 0.0345. The Morgan fingerprint density at radius 3 is 1.24 bits per heavy atom. The van der Waals surface area contributed by atoms with Crippen LogP contribution in [-0.2, 0) is 29.9 Å². The number of carbonyl (C=O) groups excluding carboxylic acids is 2. The Morgan fingerprint density at radius 1 is 0.548 bits per heavy atom. The maximum atomic E-state index is 14.1. The van der Waals surface area contributed by atoms with Gasteiger partial charge in [-0.1, -0.05) is 84.9 Å². The summed E-state index contributed by atoms with van der Waals surface area (Å²) in [6.45, 7) is 8.22. The normalized spacial score (nSPS) is 35.1. The van der Waals surface area contributed by atoms with Crippen molar-refractivity contribution in [1.82, 2.24) is 0 Å². The molecule has 4 aromatic rings. The summed E-state index contributed by atoms with van der Waals surface area (Å²) in [4.78, 5) is 32.1. The van der Waals surface area contributed by atoms with Gasteiger partial charge in [-0.3, -0.25) is 9.59 Å². The van der Waals surface area contributed by atoms with Crippen LogP contribution in [0.25, 0.3) is 10.8 Å². The first kappa shape index (κ1) is 25.7. The average molecular weight is 559 g/mol. The quantitative estimate of drug-likeness (QED) is 0.223. The lowest BCUT2D eigenvalue weighted by Gasteiger charge is -2.55. The lowest BCUT2D eigenvalue weighted by atomic mass is 9.65. The summed E-state index contributed by atoms with van der Waals surface area (Å²) in [7, 11) is 0. The Bertz CT molecular complexity index is 1610. The van der Waals surface area contributed by atoms with Gasteiger partial charge in [0.25, 0.3) is 0 Å². The minimum atomic E-state index is -0.675. The molecule has 0 saturated carbocycles. The van der Waals surface area contributed by atoms with E-state index in [1.165, 1.54) is 0 Å². The number of amides is 2. The number of hydrogen-bond acceptors (Lipinski definition) is 4. The van der Waals surface area contributed by atoms with Crippen LogP contribution in [0.3, 0.4) is 0 Å². The fourth-order valence-electron chi connectivity index (χ4n) is 7.78. The zero-order chi connectivity index (χ0) is 29.0. The highest BCUT2D eigenvalue weighted by Gasteiger charge is 2.68.